The molecule has 0 aliphatic rings. The molecule has 0 saturated heterocycles. The minimum atomic E-state index is -3.52. The van der Waals surface area contributed by atoms with Crippen molar-refractivity contribution in [1.82, 2.24) is 4.72 Å². The summed E-state index contributed by atoms with van der Waals surface area (Å²) in [5.41, 5.74) is 1.43. The zero-order valence-electron chi connectivity index (χ0n) is 9.35. The van der Waals surface area contributed by atoms with Gasteiger partial charge in [0.15, 0.2) is 0 Å². The predicted molar refractivity (Wildman–Crippen MR) is 68.9 cm³/mol. The van der Waals surface area contributed by atoms with Crippen LogP contribution in [0.15, 0.2) is 23.6 Å². The van der Waals surface area contributed by atoms with E-state index in [0.29, 0.717) is 5.56 Å². The minimum absolute atomic E-state index is 0.351. The Balaban J connectivity index is 2.42. The Labute approximate surface area is 103 Å². The number of hydrogen-bond acceptors (Lipinski definition) is 4. The summed E-state index contributed by atoms with van der Waals surface area (Å²) >= 11 is 1.60. The van der Waals surface area contributed by atoms with E-state index in [-0.39, 0.29) is 0 Å². The third-order valence-electron chi connectivity index (χ3n) is 2.31. The lowest BCUT2D eigenvalue weighted by Crippen LogP contribution is -2.29. The van der Waals surface area contributed by atoms with E-state index in [1.165, 1.54) is 0 Å². The third kappa shape index (κ3) is 2.65. The van der Waals surface area contributed by atoms with Crippen molar-refractivity contribution in [3.05, 3.63) is 34.7 Å². The lowest BCUT2D eigenvalue weighted by molar-refractivity contribution is 0.0982. The Morgan fingerprint density at radius 3 is 2.71 bits per heavy atom. The SMILES string of the molecule is Cc1csc2ccc(C(=O)NS(C)(=O)=O)cc12. The summed E-state index contributed by atoms with van der Waals surface area (Å²) < 4.78 is 25.0. The van der Waals surface area contributed by atoms with Crippen LogP contribution in [0.3, 0.4) is 0 Å². The fraction of sp³-hybridized carbons (Fsp3) is 0.182. The number of hydrogen-bond donors (Lipinski definition) is 1. The molecule has 2 aromatic rings. The maximum Gasteiger partial charge on any atom is 0.264 e. The number of benzene rings is 1. The average molecular weight is 269 g/mol. The maximum absolute atomic E-state index is 11.7. The first-order valence-corrected chi connectivity index (χ1v) is 7.64. The molecule has 0 aliphatic heterocycles. The van der Waals surface area contributed by atoms with Crippen LogP contribution in [0.1, 0.15) is 15.9 Å². The molecule has 1 amide bonds. The molecule has 1 N–H and O–H groups in total. The lowest BCUT2D eigenvalue weighted by atomic mass is 10.1. The van der Waals surface area contributed by atoms with Gasteiger partial charge in [0.25, 0.3) is 5.91 Å². The maximum atomic E-state index is 11.7. The van der Waals surface area contributed by atoms with Gasteiger partial charge in [-0.2, -0.15) is 0 Å². The van der Waals surface area contributed by atoms with Crippen LogP contribution in [0, 0.1) is 6.92 Å². The fourth-order valence-electron chi connectivity index (χ4n) is 1.52. The Morgan fingerprint density at radius 2 is 2.06 bits per heavy atom. The van der Waals surface area contributed by atoms with E-state index in [4.69, 9.17) is 0 Å². The summed E-state index contributed by atoms with van der Waals surface area (Å²) in [6.45, 7) is 1.96. The first-order valence-electron chi connectivity index (χ1n) is 4.87. The van der Waals surface area contributed by atoms with Crippen molar-refractivity contribution in [3.63, 3.8) is 0 Å². The van der Waals surface area contributed by atoms with Gasteiger partial charge in [-0.25, -0.2) is 13.1 Å². The highest BCUT2D eigenvalue weighted by molar-refractivity contribution is 7.89. The second kappa shape index (κ2) is 4.12. The summed E-state index contributed by atoms with van der Waals surface area (Å²) in [5, 5.41) is 2.99. The first-order chi connectivity index (χ1) is 7.87. The van der Waals surface area contributed by atoms with Crippen LogP contribution in [-0.4, -0.2) is 20.6 Å². The van der Waals surface area contributed by atoms with Crippen LogP contribution in [0.4, 0.5) is 0 Å². The van der Waals surface area contributed by atoms with E-state index < -0.39 is 15.9 Å². The number of aryl methyl sites for hydroxylation is 1. The number of carbonyl (C=O) groups is 1. The Morgan fingerprint density at radius 1 is 1.35 bits per heavy atom. The summed E-state index contributed by atoms with van der Waals surface area (Å²) in [6.07, 6.45) is 0.958. The quantitative estimate of drug-likeness (QED) is 0.905. The van der Waals surface area contributed by atoms with Gasteiger partial charge in [0.1, 0.15) is 0 Å². The molecular weight excluding hydrogens is 258 g/mol. The van der Waals surface area contributed by atoms with Gasteiger partial charge in [-0.15, -0.1) is 11.3 Å². The van der Waals surface area contributed by atoms with E-state index in [1.54, 1.807) is 23.5 Å². The number of nitrogens with one attached hydrogen (secondary N) is 1. The molecule has 6 heteroatoms. The van der Waals surface area contributed by atoms with E-state index >= 15 is 0 Å². The van der Waals surface area contributed by atoms with E-state index in [9.17, 15) is 13.2 Å². The van der Waals surface area contributed by atoms with E-state index in [0.717, 1.165) is 21.9 Å². The monoisotopic (exact) mass is 269 g/mol. The highest BCUT2D eigenvalue weighted by Gasteiger charge is 2.12. The highest BCUT2D eigenvalue weighted by Crippen LogP contribution is 2.26. The molecule has 1 aromatic heterocycles. The van der Waals surface area contributed by atoms with E-state index in [2.05, 4.69) is 0 Å². The molecule has 1 heterocycles. The number of sulfonamides is 1. The summed E-state index contributed by atoms with van der Waals surface area (Å²) in [5.74, 6) is -0.597. The van der Waals surface area contributed by atoms with Crippen LogP contribution in [-0.2, 0) is 10.0 Å². The molecule has 4 nitrogen and oxygen atoms in total. The number of fused-ring (bicyclic) bond motifs is 1. The van der Waals surface area contributed by atoms with E-state index in [1.807, 2.05) is 23.1 Å². The number of thiophene rings is 1. The smallest absolute Gasteiger partial charge is 0.264 e. The first kappa shape index (κ1) is 12.1. The summed E-state index contributed by atoms with van der Waals surface area (Å²) in [7, 11) is -3.52. The molecule has 0 spiro atoms. The Kier molecular flexibility index (Phi) is 2.92. The highest BCUT2D eigenvalue weighted by atomic mass is 32.2. The summed E-state index contributed by atoms with van der Waals surface area (Å²) in [6, 6.07) is 5.16. The molecular formula is C11H11NO3S2. The van der Waals surface area contributed by atoms with Gasteiger partial charge < -0.3 is 0 Å². The largest absolute Gasteiger partial charge is 0.268 e. The summed E-state index contributed by atoms with van der Waals surface area (Å²) in [4.78, 5) is 11.7. The molecule has 0 fully saturated rings. The molecule has 0 saturated carbocycles. The second-order valence-corrected chi connectivity index (χ2v) is 6.49. The average Bonchev–Trinajstić information content (AvgIpc) is 2.57. The predicted octanol–water partition coefficient (Wildman–Crippen LogP) is 1.90. The molecule has 0 radical (unpaired) electrons. The van der Waals surface area contributed by atoms with Gasteiger partial charge in [-0.3, -0.25) is 4.79 Å². The van der Waals surface area contributed by atoms with Crippen LogP contribution in [0.2, 0.25) is 0 Å². The normalized spacial score (nSPS) is 11.6. The van der Waals surface area contributed by atoms with Gasteiger partial charge in [-0.05, 0) is 41.5 Å². The third-order valence-corrected chi connectivity index (χ3v) is 3.94. The Bertz CT molecular complexity index is 686. The zero-order valence-corrected chi connectivity index (χ0v) is 11.0. The van der Waals surface area contributed by atoms with Gasteiger partial charge in [0.2, 0.25) is 10.0 Å². The van der Waals surface area contributed by atoms with Crippen molar-refractivity contribution in [2.45, 2.75) is 6.92 Å². The molecule has 0 atom stereocenters. The van der Waals surface area contributed by atoms with Crippen molar-refractivity contribution in [2.24, 2.45) is 0 Å². The van der Waals surface area contributed by atoms with Gasteiger partial charge >= 0.3 is 0 Å². The van der Waals surface area contributed by atoms with Crippen LogP contribution >= 0.6 is 11.3 Å². The van der Waals surface area contributed by atoms with Gasteiger partial charge in [0, 0.05) is 10.3 Å². The lowest BCUT2D eigenvalue weighted by Gasteiger charge is -2.03. The van der Waals surface area contributed by atoms with Gasteiger partial charge in [-0.1, -0.05) is 0 Å². The molecule has 2 rings (SSSR count). The topological polar surface area (TPSA) is 63.2 Å². The van der Waals surface area contributed by atoms with Crippen LogP contribution < -0.4 is 4.72 Å². The van der Waals surface area contributed by atoms with Crippen LogP contribution in [0.25, 0.3) is 10.1 Å². The van der Waals surface area contributed by atoms with Crippen molar-refractivity contribution in [3.8, 4) is 0 Å². The van der Waals surface area contributed by atoms with Crippen molar-refractivity contribution in [1.29, 1.82) is 0 Å². The molecule has 17 heavy (non-hydrogen) atoms. The van der Waals surface area contributed by atoms with Crippen LogP contribution in [0.5, 0.6) is 0 Å². The molecule has 0 bridgehead atoms. The Hall–Kier alpha value is -1.40. The number of amides is 1. The number of carbonyl (C=O) groups excluding carboxylic acids is 1. The zero-order chi connectivity index (χ0) is 12.6. The molecule has 0 unspecified atom stereocenters. The van der Waals surface area contributed by atoms with Crippen molar-refractivity contribution >= 4 is 37.4 Å². The van der Waals surface area contributed by atoms with Crippen molar-refractivity contribution < 1.29 is 13.2 Å². The fourth-order valence-corrected chi connectivity index (χ4v) is 2.90. The van der Waals surface area contributed by atoms with Gasteiger partial charge in [0.05, 0.1) is 6.26 Å². The molecule has 0 aliphatic carbocycles. The molecule has 90 valence electrons. The number of rotatable bonds is 2. The minimum Gasteiger partial charge on any atom is -0.268 e. The van der Waals surface area contributed by atoms with Crippen molar-refractivity contribution in [2.75, 3.05) is 6.26 Å². The second-order valence-electron chi connectivity index (χ2n) is 3.83. The standard InChI is InChI=1S/C11H11NO3S2/c1-7-6-16-10-4-3-8(5-9(7)10)11(13)12-17(2,14)15/h3-6H,1-2H3,(H,12,13). The molecule has 1 aromatic carbocycles.